The fourth-order valence-corrected chi connectivity index (χ4v) is 10.9. The third-order valence-corrected chi connectivity index (χ3v) is 11.7. The van der Waals surface area contributed by atoms with Crippen LogP contribution in [0, 0.1) is 0 Å². The molecule has 0 atom stereocenters. The van der Waals surface area contributed by atoms with E-state index in [0.717, 1.165) is 5.75 Å². The van der Waals surface area contributed by atoms with Crippen LogP contribution in [0.4, 0.5) is 0 Å². The van der Waals surface area contributed by atoms with Crippen molar-refractivity contribution in [3.63, 3.8) is 0 Å². The molecular formula is C29H22OSi. The van der Waals surface area contributed by atoms with Crippen molar-refractivity contribution in [3.05, 3.63) is 126 Å². The average Bonchev–Trinajstić information content (AvgIpc) is 3.38. The molecule has 0 radical (unpaired) electrons. The molecule has 6 rings (SSSR count). The van der Waals surface area contributed by atoms with E-state index in [-0.39, 0.29) is 0 Å². The highest BCUT2D eigenvalue weighted by molar-refractivity contribution is 7.28. The molecule has 0 aromatic heterocycles. The monoisotopic (exact) mass is 414 g/mol. The lowest BCUT2D eigenvalue weighted by Crippen LogP contribution is -2.56. The molecule has 2 heteroatoms. The van der Waals surface area contributed by atoms with Crippen LogP contribution in [-0.2, 0) is 0 Å². The Labute approximate surface area is 184 Å². The Morgan fingerprint density at radius 2 is 1.00 bits per heavy atom. The summed E-state index contributed by atoms with van der Waals surface area (Å²) < 4.78 is 5.43. The van der Waals surface area contributed by atoms with Gasteiger partial charge >= 0.3 is 0 Å². The van der Waals surface area contributed by atoms with Gasteiger partial charge in [-0.2, -0.15) is 0 Å². The number of benzene rings is 4. The van der Waals surface area contributed by atoms with Gasteiger partial charge in [0.25, 0.3) is 0 Å². The van der Waals surface area contributed by atoms with Crippen LogP contribution in [0.3, 0.4) is 0 Å². The first-order valence-corrected chi connectivity index (χ1v) is 12.7. The summed E-state index contributed by atoms with van der Waals surface area (Å²) in [5, 5.41) is 5.90. The summed E-state index contributed by atoms with van der Waals surface area (Å²) in [6.07, 6.45) is 4.75. The third kappa shape index (κ3) is 2.49. The topological polar surface area (TPSA) is 9.23 Å². The van der Waals surface area contributed by atoms with Crippen molar-refractivity contribution in [3.8, 4) is 16.9 Å². The first kappa shape index (κ1) is 18.2. The zero-order valence-corrected chi connectivity index (χ0v) is 18.4. The summed E-state index contributed by atoms with van der Waals surface area (Å²) in [6.45, 7) is 0. The van der Waals surface area contributed by atoms with Crippen molar-refractivity contribution in [2.24, 2.45) is 0 Å². The zero-order valence-electron chi connectivity index (χ0n) is 17.4. The van der Waals surface area contributed by atoms with Gasteiger partial charge < -0.3 is 4.74 Å². The fraction of sp³-hybridized carbons (Fsp3) is 0.0345. The van der Waals surface area contributed by atoms with Gasteiger partial charge in [0.2, 0.25) is 0 Å². The first-order chi connectivity index (χ1) is 15.3. The minimum absolute atomic E-state index is 0.890. The van der Waals surface area contributed by atoms with Crippen molar-refractivity contribution in [1.82, 2.24) is 0 Å². The second-order valence-electron chi connectivity index (χ2n) is 8.10. The van der Waals surface area contributed by atoms with Crippen LogP contribution in [0.2, 0.25) is 0 Å². The van der Waals surface area contributed by atoms with Crippen LogP contribution in [0.15, 0.2) is 115 Å². The lowest BCUT2D eigenvalue weighted by atomic mass is 10.1. The highest BCUT2D eigenvalue weighted by Gasteiger charge is 2.53. The number of fused-ring (bicyclic) bond motifs is 5. The molecule has 148 valence electrons. The molecule has 1 spiro atoms. The van der Waals surface area contributed by atoms with Crippen LogP contribution in [0.1, 0.15) is 11.1 Å². The van der Waals surface area contributed by atoms with Crippen LogP contribution >= 0.6 is 0 Å². The van der Waals surface area contributed by atoms with E-state index >= 15 is 0 Å². The number of hydrogen-bond acceptors (Lipinski definition) is 1. The van der Waals surface area contributed by atoms with E-state index in [4.69, 9.17) is 4.74 Å². The fourth-order valence-electron chi connectivity index (χ4n) is 5.39. The normalized spacial score (nSPS) is 15.3. The quantitative estimate of drug-likeness (QED) is 0.402. The molecule has 0 saturated carbocycles. The van der Waals surface area contributed by atoms with E-state index in [0.29, 0.717) is 0 Å². The van der Waals surface area contributed by atoms with E-state index in [1.165, 1.54) is 43.0 Å². The minimum atomic E-state index is -2.40. The van der Waals surface area contributed by atoms with Gasteiger partial charge in [0.1, 0.15) is 5.75 Å². The van der Waals surface area contributed by atoms with Crippen LogP contribution in [-0.4, -0.2) is 15.2 Å². The van der Waals surface area contributed by atoms with E-state index < -0.39 is 8.07 Å². The maximum Gasteiger partial charge on any atom is 0.182 e. The van der Waals surface area contributed by atoms with Gasteiger partial charge in [-0.25, -0.2) is 0 Å². The first-order valence-electron chi connectivity index (χ1n) is 10.7. The molecule has 1 nitrogen and oxygen atoms in total. The molecule has 0 N–H and O–H groups in total. The van der Waals surface area contributed by atoms with Gasteiger partial charge in [0, 0.05) is 0 Å². The van der Waals surface area contributed by atoms with E-state index in [1.54, 1.807) is 7.11 Å². The van der Waals surface area contributed by atoms with Crippen LogP contribution < -0.4 is 15.1 Å². The second kappa shape index (κ2) is 6.97. The van der Waals surface area contributed by atoms with Crippen molar-refractivity contribution >= 4 is 28.8 Å². The summed E-state index contributed by atoms with van der Waals surface area (Å²) in [6, 6.07) is 37.5. The molecule has 0 saturated heterocycles. The smallest absolute Gasteiger partial charge is 0.182 e. The Morgan fingerprint density at radius 1 is 0.516 bits per heavy atom. The predicted octanol–water partition coefficient (Wildman–Crippen LogP) is 5.50. The molecule has 0 bridgehead atoms. The second-order valence-corrected chi connectivity index (χ2v) is 11.8. The number of methoxy groups -OCH3 is 1. The van der Waals surface area contributed by atoms with Crippen molar-refractivity contribution in [1.29, 1.82) is 0 Å². The van der Waals surface area contributed by atoms with E-state index in [1.807, 2.05) is 0 Å². The van der Waals surface area contributed by atoms with Gasteiger partial charge in [0.15, 0.2) is 8.07 Å². The Balaban J connectivity index is 1.68. The molecule has 0 fully saturated rings. The SMILES string of the molecule is COc1ccc(C2=CC=C(c3ccccc3)[Si]23c2ccccc2-c2ccccc23)cc1. The maximum absolute atomic E-state index is 5.43. The highest BCUT2D eigenvalue weighted by Crippen LogP contribution is 2.46. The number of ether oxygens (including phenoxy) is 1. The predicted molar refractivity (Wildman–Crippen MR) is 132 cm³/mol. The standard InChI is InChI=1S/C29H22OSi/c1-30-23-17-15-22(16-18-23)27-20-19-26(21-9-3-2-4-10-21)31(27)28-13-7-5-11-24(28)25-12-6-8-14-29(25)31/h2-20H,1H3. The van der Waals surface area contributed by atoms with Crippen molar-refractivity contribution in [2.75, 3.05) is 7.11 Å². The summed E-state index contributed by atoms with van der Waals surface area (Å²) in [4.78, 5) is 0. The Hall–Kier alpha value is -3.62. The maximum atomic E-state index is 5.43. The molecule has 2 heterocycles. The number of allylic oxidation sites excluding steroid dienone is 2. The lowest BCUT2D eigenvalue weighted by molar-refractivity contribution is 0.415. The molecule has 4 aromatic carbocycles. The molecule has 2 aliphatic rings. The van der Waals surface area contributed by atoms with E-state index in [2.05, 4.69) is 115 Å². The van der Waals surface area contributed by atoms with E-state index in [9.17, 15) is 0 Å². The number of hydrogen-bond donors (Lipinski definition) is 0. The zero-order chi connectivity index (χ0) is 20.8. The number of rotatable bonds is 3. The molecule has 31 heavy (non-hydrogen) atoms. The largest absolute Gasteiger partial charge is 0.497 e. The molecule has 0 amide bonds. The van der Waals surface area contributed by atoms with Crippen molar-refractivity contribution in [2.45, 2.75) is 0 Å². The van der Waals surface area contributed by atoms with Gasteiger partial charge in [0.05, 0.1) is 7.11 Å². The third-order valence-electron chi connectivity index (χ3n) is 6.66. The summed E-state index contributed by atoms with van der Waals surface area (Å²) in [7, 11) is -0.676. The summed E-state index contributed by atoms with van der Waals surface area (Å²) >= 11 is 0. The van der Waals surface area contributed by atoms with Crippen LogP contribution in [0.25, 0.3) is 21.5 Å². The Morgan fingerprint density at radius 3 is 1.55 bits per heavy atom. The minimum Gasteiger partial charge on any atom is -0.497 e. The van der Waals surface area contributed by atoms with Crippen LogP contribution in [0.5, 0.6) is 5.75 Å². The van der Waals surface area contributed by atoms with Gasteiger partial charge in [-0.15, -0.1) is 0 Å². The molecule has 2 aliphatic heterocycles. The molecular weight excluding hydrogens is 392 g/mol. The molecule has 0 unspecified atom stereocenters. The summed E-state index contributed by atoms with van der Waals surface area (Å²) in [5.74, 6) is 0.890. The van der Waals surface area contributed by atoms with Gasteiger partial charge in [-0.1, -0.05) is 103 Å². The van der Waals surface area contributed by atoms with Gasteiger partial charge in [-0.3, -0.25) is 0 Å². The van der Waals surface area contributed by atoms with Crippen molar-refractivity contribution < 1.29 is 4.74 Å². The molecule has 4 aromatic rings. The summed E-state index contributed by atoms with van der Waals surface area (Å²) in [5.41, 5.74) is 5.36. The Bertz CT molecular complexity index is 1300. The Kier molecular flexibility index (Phi) is 4.08. The van der Waals surface area contributed by atoms with Gasteiger partial charge in [-0.05, 0) is 55.2 Å². The average molecular weight is 415 g/mol. The highest BCUT2D eigenvalue weighted by atomic mass is 28.3. The lowest BCUT2D eigenvalue weighted by Gasteiger charge is -2.32. The molecule has 0 aliphatic carbocycles.